The molecule has 2 saturated heterocycles. The maximum Gasteiger partial charge on any atom is 0.416 e. The SMILES string of the molecule is O=C(c1ccc(C(F)(F)F)cc1)N1C[C@H]2COCC[C@@]2(C(=O)O)C1. The van der Waals surface area contributed by atoms with Crippen molar-refractivity contribution in [3.05, 3.63) is 35.4 Å². The number of alkyl halides is 3. The molecule has 0 spiro atoms. The van der Waals surface area contributed by atoms with Gasteiger partial charge in [-0.25, -0.2) is 0 Å². The van der Waals surface area contributed by atoms with Crippen LogP contribution in [0.5, 0.6) is 0 Å². The molecule has 2 atom stereocenters. The fourth-order valence-corrected chi connectivity index (χ4v) is 3.44. The standard InChI is InChI=1S/C16H16F3NO4/c17-16(18,19)11-3-1-10(2-4-11)13(21)20-7-12-8-24-6-5-15(12,9-20)14(22)23/h1-4,12H,5-9H2,(H,22,23)/t12-,15+/m0/s1. The van der Waals surface area contributed by atoms with Gasteiger partial charge in [0.25, 0.3) is 5.91 Å². The molecule has 0 unspecified atom stereocenters. The number of carboxylic acids is 1. The highest BCUT2D eigenvalue weighted by Crippen LogP contribution is 2.43. The van der Waals surface area contributed by atoms with E-state index in [2.05, 4.69) is 0 Å². The lowest BCUT2D eigenvalue weighted by Crippen LogP contribution is -2.45. The Morgan fingerprint density at radius 1 is 1.25 bits per heavy atom. The molecule has 5 nitrogen and oxygen atoms in total. The third-order valence-electron chi connectivity index (χ3n) is 4.88. The molecule has 8 heteroatoms. The number of carboxylic acid groups (broad SMARTS) is 1. The molecule has 1 aromatic rings. The first-order valence-electron chi connectivity index (χ1n) is 7.52. The van der Waals surface area contributed by atoms with Crippen LogP contribution >= 0.6 is 0 Å². The first kappa shape index (κ1) is 16.8. The van der Waals surface area contributed by atoms with Crippen LogP contribution in [0.4, 0.5) is 13.2 Å². The molecule has 3 rings (SSSR count). The zero-order valence-electron chi connectivity index (χ0n) is 12.7. The van der Waals surface area contributed by atoms with Crippen molar-refractivity contribution >= 4 is 11.9 Å². The summed E-state index contributed by atoms with van der Waals surface area (Å²) in [5, 5.41) is 9.58. The van der Waals surface area contributed by atoms with E-state index in [1.807, 2.05) is 0 Å². The molecule has 0 aromatic heterocycles. The van der Waals surface area contributed by atoms with Crippen molar-refractivity contribution in [2.45, 2.75) is 12.6 Å². The van der Waals surface area contributed by atoms with Gasteiger partial charge in [0.15, 0.2) is 0 Å². The Kier molecular flexibility index (Phi) is 4.03. The lowest BCUT2D eigenvalue weighted by atomic mass is 9.74. The van der Waals surface area contributed by atoms with E-state index in [0.29, 0.717) is 13.0 Å². The Hall–Kier alpha value is -2.09. The van der Waals surface area contributed by atoms with E-state index in [0.717, 1.165) is 24.3 Å². The van der Waals surface area contributed by atoms with Crippen LogP contribution in [0.3, 0.4) is 0 Å². The molecule has 0 saturated carbocycles. The number of amides is 1. The third-order valence-corrected chi connectivity index (χ3v) is 4.88. The molecule has 0 bridgehead atoms. The van der Waals surface area contributed by atoms with Crippen LogP contribution < -0.4 is 0 Å². The summed E-state index contributed by atoms with van der Waals surface area (Å²) in [5.41, 5.74) is -1.74. The largest absolute Gasteiger partial charge is 0.481 e. The number of hydrogen-bond donors (Lipinski definition) is 1. The summed E-state index contributed by atoms with van der Waals surface area (Å²) in [4.78, 5) is 25.6. The number of rotatable bonds is 2. The number of nitrogens with zero attached hydrogens (tertiary/aromatic N) is 1. The topological polar surface area (TPSA) is 66.8 Å². The molecular formula is C16H16F3NO4. The third kappa shape index (κ3) is 2.75. The second-order valence-corrected chi connectivity index (χ2v) is 6.24. The number of benzene rings is 1. The van der Waals surface area contributed by atoms with Gasteiger partial charge >= 0.3 is 12.1 Å². The van der Waals surface area contributed by atoms with Crippen molar-refractivity contribution in [2.24, 2.45) is 11.3 Å². The fraction of sp³-hybridized carbons (Fsp3) is 0.500. The van der Waals surface area contributed by atoms with Gasteiger partial charge in [-0.2, -0.15) is 13.2 Å². The summed E-state index contributed by atoms with van der Waals surface area (Å²) in [6.45, 7) is 0.872. The van der Waals surface area contributed by atoms with Gasteiger partial charge in [-0.15, -0.1) is 0 Å². The molecule has 0 aliphatic carbocycles. The van der Waals surface area contributed by atoms with Crippen molar-refractivity contribution in [2.75, 3.05) is 26.3 Å². The summed E-state index contributed by atoms with van der Waals surface area (Å²) < 4.78 is 43.1. The summed E-state index contributed by atoms with van der Waals surface area (Å²) >= 11 is 0. The molecule has 24 heavy (non-hydrogen) atoms. The smallest absolute Gasteiger partial charge is 0.416 e. The van der Waals surface area contributed by atoms with Gasteiger partial charge in [-0.3, -0.25) is 9.59 Å². The minimum Gasteiger partial charge on any atom is -0.481 e. The van der Waals surface area contributed by atoms with E-state index in [1.165, 1.54) is 4.90 Å². The number of ether oxygens (including phenoxy) is 1. The van der Waals surface area contributed by atoms with Gasteiger partial charge in [0.1, 0.15) is 0 Å². The van der Waals surface area contributed by atoms with E-state index < -0.39 is 29.0 Å². The first-order chi connectivity index (χ1) is 11.2. The van der Waals surface area contributed by atoms with Crippen molar-refractivity contribution in [1.29, 1.82) is 0 Å². The number of carbonyl (C=O) groups excluding carboxylic acids is 1. The maximum absolute atomic E-state index is 12.6. The van der Waals surface area contributed by atoms with Crippen molar-refractivity contribution < 1.29 is 32.6 Å². The predicted molar refractivity (Wildman–Crippen MR) is 76.3 cm³/mol. The van der Waals surface area contributed by atoms with E-state index >= 15 is 0 Å². The average Bonchev–Trinajstić information content (AvgIpc) is 2.94. The highest BCUT2D eigenvalue weighted by Gasteiger charge is 2.54. The van der Waals surface area contributed by atoms with Crippen LogP contribution in [-0.2, 0) is 15.7 Å². The summed E-state index contributed by atoms with van der Waals surface area (Å²) in [7, 11) is 0. The summed E-state index contributed by atoms with van der Waals surface area (Å²) in [6.07, 6.45) is -4.14. The molecule has 1 amide bonds. The molecular weight excluding hydrogens is 327 g/mol. The van der Waals surface area contributed by atoms with Crippen LogP contribution in [0.2, 0.25) is 0 Å². The number of hydrogen-bond acceptors (Lipinski definition) is 3. The Morgan fingerprint density at radius 2 is 1.92 bits per heavy atom. The molecule has 130 valence electrons. The van der Waals surface area contributed by atoms with Gasteiger partial charge in [0, 0.05) is 31.2 Å². The quantitative estimate of drug-likeness (QED) is 0.895. The van der Waals surface area contributed by atoms with Crippen molar-refractivity contribution in [3.63, 3.8) is 0 Å². The van der Waals surface area contributed by atoms with Gasteiger partial charge < -0.3 is 14.7 Å². The van der Waals surface area contributed by atoms with Gasteiger partial charge in [-0.1, -0.05) is 0 Å². The fourth-order valence-electron chi connectivity index (χ4n) is 3.44. The van der Waals surface area contributed by atoms with E-state index in [1.54, 1.807) is 0 Å². The van der Waals surface area contributed by atoms with Gasteiger partial charge in [-0.05, 0) is 30.7 Å². The van der Waals surface area contributed by atoms with Gasteiger partial charge in [0.05, 0.1) is 17.6 Å². The summed E-state index contributed by atoms with van der Waals surface area (Å²) in [5.74, 6) is -1.72. The minimum absolute atomic E-state index is 0.0518. The number of carbonyl (C=O) groups is 2. The zero-order chi connectivity index (χ0) is 17.5. The van der Waals surface area contributed by atoms with Gasteiger partial charge in [0.2, 0.25) is 0 Å². The second-order valence-electron chi connectivity index (χ2n) is 6.24. The van der Waals surface area contributed by atoms with Crippen LogP contribution in [0.15, 0.2) is 24.3 Å². The van der Waals surface area contributed by atoms with Crippen LogP contribution in [-0.4, -0.2) is 48.2 Å². The maximum atomic E-state index is 12.6. The molecule has 2 fully saturated rings. The van der Waals surface area contributed by atoms with Crippen molar-refractivity contribution in [1.82, 2.24) is 4.90 Å². The number of likely N-dealkylation sites (tertiary alicyclic amines) is 1. The van der Waals surface area contributed by atoms with E-state index in [4.69, 9.17) is 4.74 Å². The first-order valence-corrected chi connectivity index (χ1v) is 7.52. The molecule has 1 N–H and O–H groups in total. The molecule has 0 radical (unpaired) electrons. The van der Waals surface area contributed by atoms with Crippen LogP contribution in [0, 0.1) is 11.3 Å². The number of fused-ring (bicyclic) bond motifs is 1. The lowest BCUT2D eigenvalue weighted by molar-refractivity contribution is -0.157. The predicted octanol–water partition coefficient (Wildman–Crippen LogP) is 2.27. The highest BCUT2D eigenvalue weighted by molar-refractivity contribution is 5.95. The number of aliphatic carboxylic acids is 1. The molecule has 2 aliphatic heterocycles. The lowest BCUT2D eigenvalue weighted by Gasteiger charge is -2.33. The molecule has 2 heterocycles. The Morgan fingerprint density at radius 3 is 2.46 bits per heavy atom. The molecule has 2 aliphatic rings. The molecule has 1 aromatic carbocycles. The van der Waals surface area contributed by atoms with E-state index in [9.17, 15) is 27.9 Å². The zero-order valence-corrected chi connectivity index (χ0v) is 12.7. The highest BCUT2D eigenvalue weighted by atomic mass is 19.4. The van der Waals surface area contributed by atoms with Crippen LogP contribution in [0.25, 0.3) is 0 Å². The Bertz CT molecular complexity index is 658. The Labute approximate surface area is 136 Å². The Balaban J connectivity index is 1.80. The van der Waals surface area contributed by atoms with Crippen molar-refractivity contribution in [3.8, 4) is 0 Å². The van der Waals surface area contributed by atoms with E-state index in [-0.39, 0.29) is 31.2 Å². The number of halogens is 3. The second kappa shape index (κ2) is 5.77. The minimum atomic E-state index is -4.46. The summed E-state index contributed by atoms with van der Waals surface area (Å²) in [6, 6.07) is 3.95. The van der Waals surface area contributed by atoms with Crippen LogP contribution in [0.1, 0.15) is 22.3 Å². The average molecular weight is 343 g/mol. The normalized spacial score (nSPS) is 27.0. The monoisotopic (exact) mass is 343 g/mol.